The van der Waals surface area contributed by atoms with Crippen LogP contribution >= 0.6 is 0 Å². The van der Waals surface area contributed by atoms with Crippen molar-refractivity contribution in [2.45, 2.75) is 37.6 Å². The summed E-state index contributed by atoms with van der Waals surface area (Å²) >= 11 is 0. The number of hydrogen-bond acceptors (Lipinski definition) is 5. The Morgan fingerprint density at radius 1 is 1.03 bits per heavy atom. The molecule has 1 heterocycles. The Labute approximate surface area is 178 Å². The van der Waals surface area contributed by atoms with E-state index in [4.69, 9.17) is 9.47 Å². The molecule has 1 atom stereocenters. The third-order valence-electron chi connectivity index (χ3n) is 5.41. The molecule has 0 radical (unpaired) electrons. The van der Waals surface area contributed by atoms with Crippen molar-refractivity contribution in [1.82, 2.24) is 9.62 Å². The number of sulfonamides is 1. The Morgan fingerprint density at radius 3 is 2.33 bits per heavy atom. The standard InChI is InChI=1S/C22H28N2O5S/c1-15-7-9-18(30(26,27)24-11-5-6-12-24)14-19(15)22(25)23-16(2)17-8-10-20(28-3)21(13-17)29-4/h7-10,13-14,16H,5-6,11-12H2,1-4H3,(H,23,25)/t16-/m1/s1. The topological polar surface area (TPSA) is 84.9 Å². The zero-order valence-corrected chi connectivity index (χ0v) is 18.6. The van der Waals surface area contributed by atoms with E-state index in [-0.39, 0.29) is 16.8 Å². The van der Waals surface area contributed by atoms with Crippen molar-refractivity contribution in [3.05, 3.63) is 53.1 Å². The van der Waals surface area contributed by atoms with E-state index in [1.807, 2.05) is 19.1 Å². The first kappa shape index (κ1) is 22.1. The summed E-state index contributed by atoms with van der Waals surface area (Å²) in [5.74, 6) is 0.856. The van der Waals surface area contributed by atoms with Gasteiger partial charge in [-0.2, -0.15) is 4.31 Å². The molecule has 7 nitrogen and oxygen atoms in total. The third-order valence-corrected chi connectivity index (χ3v) is 7.31. The molecule has 30 heavy (non-hydrogen) atoms. The van der Waals surface area contributed by atoms with E-state index in [1.54, 1.807) is 39.3 Å². The van der Waals surface area contributed by atoms with Gasteiger partial charge in [0.05, 0.1) is 25.2 Å². The van der Waals surface area contributed by atoms with Crippen molar-refractivity contribution in [3.63, 3.8) is 0 Å². The quantitative estimate of drug-likeness (QED) is 0.726. The van der Waals surface area contributed by atoms with E-state index in [1.165, 1.54) is 10.4 Å². The van der Waals surface area contributed by atoms with Crippen molar-refractivity contribution in [2.75, 3.05) is 27.3 Å². The van der Waals surface area contributed by atoms with Gasteiger partial charge in [0.25, 0.3) is 5.91 Å². The van der Waals surface area contributed by atoms with Gasteiger partial charge in [-0.05, 0) is 62.1 Å². The van der Waals surface area contributed by atoms with Gasteiger partial charge >= 0.3 is 0 Å². The average Bonchev–Trinajstić information content (AvgIpc) is 3.29. The van der Waals surface area contributed by atoms with Crippen LogP contribution in [0.15, 0.2) is 41.3 Å². The fraction of sp³-hybridized carbons (Fsp3) is 0.409. The van der Waals surface area contributed by atoms with Crippen LogP contribution in [-0.4, -0.2) is 45.9 Å². The molecule has 1 aliphatic heterocycles. The summed E-state index contributed by atoms with van der Waals surface area (Å²) in [6.45, 7) is 4.70. The Hall–Kier alpha value is -2.58. The predicted molar refractivity (Wildman–Crippen MR) is 115 cm³/mol. The molecule has 0 saturated carbocycles. The van der Waals surface area contributed by atoms with Gasteiger partial charge < -0.3 is 14.8 Å². The molecule has 1 amide bonds. The second kappa shape index (κ2) is 9.06. The minimum absolute atomic E-state index is 0.152. The van der Waals surface area contributed by atoms with Crippen molar-refractivity contribution in [3.8, 4) is 11.5 Å². The fourth-order valence-corrected chi connectivity index (χ4v) is 5.11. The largest absolute Gasteiger partial charge is 0.493 e. The molecule has 2 aromatic carbocycles. The normalized spacial score (nSPS) is 15.6. The van der Waals surface area contributed by atoms with Crippen molar-refractivity contribution in [1.29, 1.82) is 0 Å². The van der Waals surface area contributed by atoms with Gasteiger partial charge in [0.15, 0.2) is 11.5 Å². The summed E-state index contributed by atoms with van der Waals surface area (Å²) < 4.78 is 37.8. The maximum absolute atomic E-state index is 13.0. The minimum atomic E-state index is -3.59. The van der Waals surface area contributed by atoms with E-state index in [0.29, 0.717) is 35.7 Å². The Balaban J connectivity index is 1.83. The second-order valence-corrected chi connectivity index (χ2v) is 9.34. The molecule has 8 heteroatoms. The van der Waals surface area contributed by atoms with Gasteiger partial charge in [0.2, 0.25) is 10.0 Å². The number of rotatable bonds is 7. The molecule has 2 aromatic rings. The van der Waals surface area contributed by atoms with Gasteiger partial charge in [0.1, 0.15) is 0 Å². The molecule has 1 aliphatic rings. The van der Waals surface area contributed by atoms with Crippen molar-refractivity contribution < 1.29 is 22.7 Å². The number of nitrogens with zero attached hydrogens (tertiary/aromatic N) is 1. The lowest BCUT2D eigenvalue weighted by atomic mass is 10.1. The molecule has 162 valence electrons. The summed E-state index contributed by atoms with van der Waals surface area (Å²) in [6, 6.07) is 9.86. The predicted octanol–water partition coefficient (Wildman–Crippen LogP) is 3.29. The zero-order valence-electron chi connectivity index (χ0n) is 17.8. The lowest BCUT2D eigenvalue weighted by Crippen LogP contribution is -2.29. The monoisotopic (exact) mass is 432 g/mol. The molecule has 3 rings (SSSR count). The third kappa shape index (κ3) is 4.44. The van der Waals surface area contributed by atoms with Gasteiger partial charge in [-0.25, -0.2) is 8.42 Å². The Bertz CT molecular complexity index is 1030. The fourth-order valence-electron chi connectivity index (χ4n) is 3.56. The summed E-state index contributed by atoms with van der Waals surface area (Å²) in [5, 5.41) is 2.95. The first-order valence-electron chi connectivity index (χ1n) is 9.91. The van der Waals surface area contributed by atoms with E-state index in [0.717, 1.165) is 18.4 Å². The molecule has 0 bridgehead atoms. The van der Waals surface area contributed by atoms with Crippen LogP contribution in [0.5, 0.6) is 11.5 Å². The summed E-state index contributed by atoms with van der Waals surface area (Å²) in [7, 11) is -0.466. The lowest BCUT2D eigenvalue weighted by molar-refractivity contribution is 0.0939. The van der Waals surface area contributed by atoms with Crippen molar-refractivity contribution >= 4 is 15.9 Å². The average molecular weight is 433 g/mol. The maximum Gasteiger partial charge on any atom is 0.252 e. The smallest absolute Gasteiger partial charge is 0.252 e. The van der Waals surface area contributed by atoms with Crippen LogP contribution in [0, 0.1) is 6.92 Å². The van der Waals surface area contributed by atoms with E-state index in [2.05, 4.69) is 5.32 Å². The number of methoxy groups -OCH3 is 2. The van der Waals surface area contributed by atoms with Gasteiger partial charge in [0, 0.05) is 18.7 Å². The molecule has 0 aromatic heterocycles. The highest BCUT2D eigenvalue weighted by Crippen LogP contribution is 2.30. The van der Waals surface area contributed by atoms with Crippen LogP contribution < -0.4 is 14.8 Å². The van der Waals surface area contributed by atoms with Crippen LogP contribution in [0.3, 0.4) is 0 Å². The Morgan fingerprint density at radius 2 is 1.70 bits per heavy atom. The molecule has 1 N–H and O–H groups in total. The number of benzene rings is 2. The number of hydrogen-bond donors (Lipinski definition) is 1. The van der Waals surface area contributed by atoms with Crippen LogP contribution in [0.1, 0.15) is 47.3 Å². The Kier molecular flexibility index (Phi) is 6.67. The highest BCUT2D eigenvalue weighted by molar-refractivity contribution is 7.89. The maximum atomic E-state index is 13.0. The van der Waals surface area contributed by atoms with Gasteiger partial charge in [-0.15, -0.1) is 0 Å². The van der Waals surface area contributed by atoms with Crippen molar-refractivity contribution in [2.24, 2.45) is 0 Å². The molecule has 0 unspecified atom stereocenters. The summed E-state index contributed by atoms with van der Waals surface area (Å²) in [4.78, 5) is 13.1. The first-order valence-corrected chi connectivity index (χ1v) is 11.4. The number of ether oxygens (including phenoxy) is 2. The van der Waals surface area contributed by atoms with Crippen LogP contribution in [0.25, 0.3) is 0 Å². The van der Waals surface area contributed by atoms with Gasteiger partial charge in [-0.1, -0.05) is 12.1 Å². The number of aryl methyl sites for hydroxylation is 1. The van der Waals surface area contributed by atoms with Gasteiger partial charge in [-0.3, -0.25) is 4.79 Å². The molecular weight excluding hydrogens is 404 g/mol. The molecule has 0 spiro atoms. The van der Waals surface area contributed by atoms with E-state index >= 15 is 0 Å². The highest BCUT2D eigenvalue weighted by Gasteiger charge is 2.28. The summed E-state index contributed by atoms with van der Waals surface area (Å²) in [6.07, 6.45) is 1.72. The summed E-state index contributed by atoms with van der Waals surface area (Å²) in [5.41, 5.74) is 1.91. The van der Waals surface area contributed by atoms with E-state index in [9.17, 15) is 13.2 Å². The number of amides is 1. The molecular formula is C22H28N2O5S. The highest BCUT2D eigenvalue weighted by atomic mass is 32.2. The SMILES string of the molecule is COc1ccc([C@@H](C)NC(=O)c2cc(S(=O)(=O)N3CCCC3)ccc2C)cc1OC. The lowest BCUT2D eigenvalue weighted by Gasteiger charge is -2.19. The molecule has 1 fully saturated rings. The number of nitrogens with one attached hydrogen (secondary N) is 1. The van der Waals surface area contributed by atoms with E-state index < -0.39 is 10.0 Å². The minimum Gasteiger partial charge on any atom is -0.493 e. The number of carbonyl (C=O) groups is 1. The van der Waals surface area contributed by atoms with Crippen LogP contribution in [-0.2, 0) is 10.0 Å². The van der Waals surface area contributed by atoms with Crippen LogP contribution in [0.2, 0.25) is 0 Å². The second-order valence-electron chi connectivity index (χ2n) is 7.40. The van der Waals surface area contributed by atoms with Crippen LogP contribution in [0.4, 0.5) is 0 Å². The molecule has 1 saturated heterocycles. The zero-order chi connectivity index (χ0) is 21.9. The molecule has 0 aliphatic carbocycles. The first-order chi connectivity index (χ1) is 14.3. The number of carbonyl (C=O) groups excluding carboxylic acids is 1.